The van der Waals surface area contributed by atoms with Gasteiger partial charge in [-0.15, -0.1) is 0 Å². The smallest absolute Gasteiger partial charge is 0.259 e. The Labute approximate surface area is 167 Å². The molecule has 0 aliphatic heterocycles. The van der Waals surface area contributed by atoms with Gasteiger partial charge in [0.25, 0.3) is 5.91 Å². The van der Waals surface area contributed by atoms with Gasteiger partial charge in [-0.1, -0.05) is 0 Å². The molecule has 3 aromatic heterocycles. The summed E-state index contributed by atoms with van der Waals surface area (Å²) in [4.78, 5) is 13.1. The summed E-state index contributed by atoms with van der Waals surface area (Å²) >= 11 is 0. The first-order chi connectivity index (χ1) is 14.0. The van der Waals surface area contributed by atoms with E-state index >= 15 is 0 Å². The van der Waals surface area contributed by atoms with Crippen molar-refractivity contribution in [3.8, 4) is 17.3 Å². The van der Waals surface area contributed by atoms with Crippen LogP contribution in [0, 0.1) is 30.6 Å². The van der Waals surface area contributed by atoms with Gasteiger partial charge in [0, 0.05) is 5.56 Å². The average molecular weight is 388 g/mol. The largest absolute Gasteiger partial charge is 0.320 e. The summed E-state index contributed by atoms with van der Waals surface area (Å²) in [5.41, 5.74) is 3.21. The molecule has 29 heavy (non-hydrogen) atoms. The molecule has 1 saturated carbocycles. The van der Waals surface area contributed by atoms with E-state index in [1.807, 2.05) is 19.9 Å². The summed E-state index contributed by atoms with van der Waals surface area (Å²) < 4.78 is 1.77. The highest BCUT2D eigenvalue weighted by Crippen LogP contribution is 2.54. The molecule has 0 radical (unpaired) electrons. The molecule has 9 nitrogen and oxygen atoms in total. The van der Waals surface area contributed by atoms with Crippen LogP contribution in [-0.2, 0) is 0 Å². The topological polar surface area (TPSA) is 122 Å². The lowest BCUT2D eigenvalue weighted by Crippen LogP contribution is -2.20. The number of nitriles is 1. The fourth-order valence-corrected chi connectivity index (χ4v) is 3.46. The molecule has 3 heterocycles. The third-order valence-electron chi connectivity index (χ3n) is 5.53. The number of aryl methyl sites for hydroxylation is 2. The van der Waals surface area contributed by atoms with Crippen molar-refractivity contribution >= 4 is 11.6 Å². The van der Waals surface area contributed by atoms with Crippen molar-refractivity contribution < 1.29 is 4.79 Å². The highest BCUT2D eigenvalue weighted by molar-refractivity contribution is 6.08. The van der Waals surface area contributed by atoms with Crippen LogP contribution >= 0.6 is 0 Å². The fraction of sp³-hybridized carbons (Fsp3) is 0.350. The lowest BCUT2D eigenvalue weighted by Gasteiger charge is -2.21. The quantitative estimate of drug-likeness (QED) is 0.713. The molecule has 1 aliphatic carbocycles. The van der Waals surface area contributed by atoms with Crippen LogP contribution in [0.4, 0.5) is 5.69 Å². The second kappa shape index (κ2) is 7.05. The van der Waals surface area contributed by atoms with Crippen LogP contribution in [-0.4, -0.2) is 36.1 Å². The third-order valence-corrected chi connectivity index (χ3v) is 5.53. The Kier molecular flexibility index (Phi) is 4.54. The minimum Gasteiger partial charge on any atom is -0.320 e. The molecule has 0 bridgehead atoms. The van der Waals surface area contributed by atoms with Crippen molar-refractivity contribution in [2.24, 2.45) is 5.41 Å². The van der Waals surface area contributed by atoms with Gasteiger partial charge < -0.3 is 5.32 Å². The van der Waals surface area contributed by atoms with Gasteiger partial charge >= 0.3 is 0 Å². The lowest BCUT2D eigenvalue weighted by molar-refractivity contribution is 0.102. The van der Waals surface area contributed by atoms with Crippen LogP contribution in [0.3, 0.4) is 0 Å². The molecule has 0 saturated heterocycles. The van der Waals surface area contributed by atoms with E-state index in [0.29, 0.717) is 28.3 Å². The molecule has 1 amide bonds. The maximum Gasteiger partial charge on any atom is 0.259 e. The molecule has 1 fully saturated rings. The first-order valence-corrected chi connectivity index (χ1v) is 9.34. The first kappa shape index (κ1) is 18.7. The molecule has 1 N–H and O–H groups in total. The maximum atomic E-state index is 13.1. The molecule has 0 spiro atoms. The Balaban J connectivity index is 1.81. The van der Waals surface area contributed by atoms with Crippen LogP contribution in [0.5, 0.6) is 0 Å². The predicted molar refractivity (Wildman–Crippen MR) is 105 cm³/mol. The van der Waals surface area contributed by atoms with Crippen molar-refractivity contribution in [1.82, 2.24) is 30.2 Å². The summed E-state index contributed by atoms with van der Waals surface area (Å²) in [5, 5.41) is 32.8. The number of rotatable bonds is 5. The van der Waals surface area contributed by atoms with Gasteiger partial charge in [0.2, 0.25) is 0 Å². The number of aromatic nitrogens is 6. The van der Waals surface area contributed by atoms with E-state index in [-0.39, 0.29) is 11.9 Å². The number of hydrogen-bond donors (Lipinski definition) is 1. The van der Waals surface area contributed by atoms with Crippen LogP contribution in [0.15, 0.2) is 30.7 Å². The summed E-state index contributed by atoms with van der Waals surface area (Å²) in [6.07, 6.45) is 6.29. The summed E-state index contributed by atoms with van der Waals surface area (Å²) in [5.74, 6) is -0.312. The van der Waals surface area contributed by atoms with Gasteiger partial charge in [-0.2, -0.15) is 30.8 Å². The molecule has 9 heteroatoms. The second-order valence-corrected chi connectivity index (χ2v) is 7.31. The van der Waals surface area contributed by atoms with Gasteiger partial charge in [-0.05, 0) is 45.7 Å². The van der Waals surface area contributed by atoms with Crippen LogP contribution in [0.1, 0.15) is 47.6 Å². The van der Waals surface area contributed by atoms with Crippen molar-refractivity contribution in [2.75, 3.05) is 5.32 Å². The van der Waals surface area contributed by atoms with E-state index in [1.165, 1.54) is 6.20 Å². The zero-order chi connectivity index (χ0) is 20.6. The van der Waals surface area contributed by atoms with E-state index in [0.717, 1.165) is 18.4 Å². The number of nitrogens with one attached hydrogen (secondary N) is 1. The minimum atomic E-state index is -0.450. The molecular formula is C20H20N8O. The molecule has 4 rings (SSSR count). The Morgan fingerprint density at radius 2 is 1.90 bits per heavy atom. The molecule has 0 aromatic carbocycles. The van der Waals surface area contributed by atoms with Gasteiger partial charge in [-0.3, -0.25) is 9.48 Å². The number of amides is 1. The van der Waals surface area contributed by atoms with Crippen molar-refractivity contribution in [3.05, 3.63) is 47.7 Å². The summed E-state index contributed by atoms with van der Waals surface area (Å²) in [7, 11) is 0. The van der Waals surface area contributed by atoms with E-state index in [9.17, 15) is 10.1 Å². The Hall–Kier alpha value is -3.67. The lowest BCUT2D eigenvalue weighted by atomic mass is 9.98. The molecule has 1 unspecified atom stereocenters. The number of carbonyl (C=O) groups is 1. The molecule has 1 atom stereocenters. The van der Waals surface area contributed by atoms with Crippen LogP contribution in [0.25, 0.3) is 11.3 Å². The van der Waals surface area contributed by atoms with Gasteiger partial charge in [0.15, 0.2) is 0 Å². The van der Waals surface area contributed by atoms with Crippen LogP contribution in [0.2, 0.25) is 0 Å². The predicted octanol–water partition coefficient (Wildman–Crippen LogP) is 2.86. The van der Waals surface area contributed by atoms with Crippen molar-refractivity contribution in [3.63, 3.8) is 0 Å². The normalized spacial score (nSPS) is 15.4. The van der Waals surface area contributed by atoms with Crippen LogP contribution < -0.4 is 5.32 Å². The summed E-state index contributed by atoms with van der Waals surface area (Å²) in [6.45, 7) is 5.57. The monoisotopic (exact) mass is 388 g/mol. The van der Waals surface area contributed by atoms with Gasteiger partial charge in [0.05, 0.1) is 64.4 Å². The minimum absolute atomic E-state index is 0.180. The average Bonchev–Trinajstić information content (AvgIpc) is 3.41. The number of hydrogen-bond acceptors (Lipinski definition) is 7. The van der Waals surface area contributed by atoms with Gasteiger partial charge in [0.1, 0.15) is 0 Å². The molecular weight excluding hydrogens is 368 g/mol. The molecule has 1 aliphatic rings. The fourth-order valence-electron chi connectivity index (χ4n) is 3.46. The van der Waals surface area contributed by atoms with E-state index in [1.54, 1.807) is 30.1 Å². The zero-order valence-electron chi connectivity index (χ0n) is 16.4. The van der Waals surface area contributed by atoms with Crippen molar-refractivity contribution in [2.45, 2.75) is 39.7 Å². The highest BCUT2D eigenvalue weighted by atomic mass is 16.1. The Morgan fingerprint density at radius 3 is 2.52 bits per heavy atom. The van der Waals surface area contributed by atoms with E-state index in [2.05, 4.69) is 36.9 Å². The van der Waals surface area contributed by atoms with Gasteiger partial charge in [-0.25, -0.2) is 0 Å². The molecule has 3 aromatic rings. The zero-order valence-corrected chi connectivity index (χ0v) is 16.4. The van der Waals surface area contributed by atoms with Crippen molar-refractivity contribution in [1.29, 1.82) is 5.26 Å². The number of anilines is 1. The Bertz CT molecular complexity index is 1130. The first-order valence-electron chi connectivity index (χ1n) is 9.34. The number of carbonyl (C=O) groups excluding carboxylic acids is 1. The SMILES string of the molecule is Cc1nnccc1NC(=O)c1cnn(C(C)C2(C#N)CC2)c1-c1ccnnc1C. The number of nitrogens with zero attached hydrogens (tertiary/aromatic N) is 7. The summed E-state index contributed by atoms with van der Waals surface area (Å²) in [6, 6.07) is 5.75. The highest BCUT2D eigenvalue weighted by Gasteiger charge is 2.50. The molecule has 146 valence electrons. The standard InChI is InChI=1S/C20H20N8O/c1-12-15(4-8-22-26-12)18-16(19(29)25-17-5-9-23-27-13(17)2)10-24-28(18)14(3)20(11-21)6-7-20/h4-5,8-10,14H,6-7H2,1-3H3,(H,23,25,29). The Morgan fingerprint density at radius 1 is 1.21 bits per heavy atom. The third kappa shape index (κ3) is 3.23. The van der Waals surface area contributed by atoms with E-state index in [4.69, 9.17) is 0 Å². The van der Waals surface area contributed by atoms with E-state index < -0.39 is 5.41 Å². The second-order valence-electron chi connectivity index (χ2n) is 7.31. The maximum absolute atomic E-state index is 13.1.